The van der Waals surface area contributed by atoms with Gasteiger partial charge in [0.25, 0.3) is 5.91 Å². The van der Waals surface area contributed by atoms with Crippen molar-refractivity contribution in [2.75, 3.05) is 0 Å². The van der Waals surface area contributed by atoms with E-state index >= 15 is 0 Å². The van der Waals surface area contributed by atoms with Crippen LogP contribution in [0.15, 0.2) is 34.8 Å². The second-order valence-electron chi connectivity index (χ2n) is 3.71. The highest BCUT2D eigenvalue weighted by molar-refractivity contribution is 9.10. The minimum atomic E-state index is -0.111. The average molecular weight is 301 g/mol. The second-order valence-corrected chi connectivity index (χ2v) is 4.95. The van der Waals surface area contributed by atoms with Crippen molar-refractivity contribution in [1.82, 2.24) is 5.32 Å². The summed E-state index contributed by atoms with van der Waals surface area (Å²) in [6, 6.07) is 5.56. The number of carbonyl (C=O) groups is 1. The van der Waals surface area contributed by atoms with Gasteiger partial charge in [0.15, 0.2) is 0 Å². The minimum Gasteiger partial charge on any atom is -0.349 e. The molecule has 0 heterocycles. The number of amides is 1. The molecule has 0 saturated heterocycles. The Bertz CT molecular complexity index is 437. The van der Waals surface area contributed by atoms with E-state index in [1.807, 2.05) is 6.07 Å². The molecule has 0 saturated carbocycles. The van der Waals surface area contributed by atoms with Gasteiger partial charge in [0, 0.05) is 10.5 Å². The van der Waals surface area contributed by atoms with Crippen LogP contribution in [0, 0.1) is 0 Å². The van der Waals surface area contributed by atoms with Crippen LogP contribution < -0.4 is 5.32 Å². The first-order valence-electron chi connectivity index (χ1n) is 5.08. The van der Waals surface area contributed by atoms with Crippen LogP contribution >= 0.6 is 27.5 Å². The quantitative estimate of drug-likeness (QED) is 0.832. The van der Waals surface area contributed by atoms with Crippen molar-refractivity contribution in [3.8, 4) is 0 Å². The summed E-state index contributed by atoms with van der Waals surface area (Å²) < 4.78 is 0.742. The molecule has 16 heavy (non-hydrogen) atoms. The van der Waals surface area contributed by atoms with Gasteiger partial charge in [-0.25, -0.2) is 0 Å². The average Bonchev–Trinajstić information content (AvgIpc) is 2.74. The fraction of sp³-hybridized carbons (Fsp3) is 0.250. The topological polar surface area (TPSA) is 29.1 Å². The Morgan fingerprint density at radius 1 is 1.38 bits per heavy atom. The van der Waals surface area contributed by atoms with Crippen molar-refractivity contribution >= 4 is 33.4 Å². The summed E-state index contributed by atoms with van der Waals surface area (Å²) in [5, 5.41) is 3.42. The van der Waals surface area contributed by atoms with Crippen LogP contribution in [-0.4, -0.2) is 11.9 Å². The van der Waals surface area contributed by atoms with E-state index in [9.17, 15) is 4.79 Å². The lowest BCUT2D eigenvalue weighted by Gasteiger charge is -2.13. The van der Waals surface area contributed by atoms with Gasteiger partial charge in [-0.2, -0.15) is 0 Å². The zero-order valence-corrected chi connectivity index (χ0v) is 10.9. The van der Waals surface area contributed by atoms with Crippen LogP contribution in [0.3, 0.4) is 0 Å². The first kappa shape index (κ1) is 11.7. The maximum Gasteiger partial charge on any atom is 0.253 e. The molecule has 1 aliphatic rings. The third-order valence-corrected chi connectivity index (χ3v) is 3.84. The molecule has 0 aromatic heterocycles. The van der Waals surface area contributed by atoms with Crippen molar-refractivity contribution in [2.24, 2.45) is 0 Å². The number of nitrogens with one attached hydrogen (secondary N) is 1. The Balaban J connectivity index is 2.11. The summed E-state index contributed by atoms with van der Waals surface area (Å²) in [6.07, 6.45) is 5.95. The van der Waals surface area contributed by atoms with E-state index in [-0.39, 0.29) is 11.9 Å². The van der Waals surface area contributed by atoms with E-state index in [0.29, 0.717) is 10.6 Å². The van der Waals surface area contributed by atoms with Crippen molar-refractivity contribution in [3.05, 3.63) is 45.4 Å². The molecule has 0 spiro atoms. The van der Waals surface area contributed by atoms with Crippen LogP contribution in [0.2, 0.25) is 5.02 Å². The number of hydrogen-bond acceptors (Lipinski definition) is 1. The van der Waals surface area contributed by atoms with E-state index in [2.05, 4.69) is 33.4 Å². The molecule has 1 N–H and O–H groups in total. The Morgan fingerprint density at radius 3 is 2.75 bits per heavy atom. The van der Waals surface area contributed by atoms with Gasteiger partial charge in [-0.05, 0) is 40.9 Å². The maximum absolute atomic E-state index is 11.9. The molecule has 1 amide bonds. The normalized spacial score (nSPS) is 15.4. The van der Waals surface area contributed by atoms with Crippen LogP contribution in [-0.2, 0) is 0 Å². The summed E-state index contributed by atoms with van der Waals surface area (Å²) in [4.78, 5) is 11.9. The molecule has 2 rings (SSSR count). The van der Waals surface area contributed by atoms with Crippen molar-refractivity contribution in [3.63, 3.8) is 0 Å². The maximum atomic E-state index is 11.9. The van der Waals surface area contributed by atoms with E-state index < -0.39 is 0 Å². The van der Waals surface area contributed by atoms with Crippen LogP contribution in [0.25, 0.3) is 0 Å². The minimum absolute atomic E-state index is 0.111. The van der Waals surface area contributed by atoms with E-state index in [0.717, 1.165) is 17.3 Å². The third kappa shape index (κ3) is 2.47. The molecule has 0 aliphatic heterocycles. The van der Waals surface area contributed by atoms with Gasteiger partial charge in [-0.3, -0.25) is 4.79 Å². The Labute approximate surface area is 108 Å². The summed E-state index contributed by atoms with van der Waals surface area (Å²) >= 11 is 9.35. The first-order chi connectivity index (χ1) is 7.68. The third-order valence-electron chi connectivity index (χ3n) is 2.54. The number of halogens is 2. The van der Waals surface area contributed by atoms with Crippen molar-refractivity contribution in [1.29, 1.82) is 0 Å². The number of hydrogen-bond donors (Lipinski definition) is 1. The Morgan fingerprint density at radius 2 is 2.06 bits per heavy atom. The van der Waals surface area contributed by atoms with Crippen molar-refractivity contribution < 1.29 is 4.79 Å². The van der Waals surface area contributed by atoms with Crippen LogP contribution in [0.1, 0.15) is 23.2 Å². The molecule has 0 atom stereocenters. The Hall–Kier alpha value is -0.800. The predicted molar refractivity (Wildman–Crippen MR) is 68.8 cm³/mol. The monoisotopic (exact) mass is 299 g/mol. The molecular formula is C12H11BrClNO. The number of rotatable bonds is 2. The molecule has 84 valence electrons. The van der Waals surface area contributed by atoms with Gasteiger partial charge in [0.2, 0.25) is 0 Å². The smallest absolute Gasteiger partial charge is 0.253 e. The second kappa shape index (κ2) is 5.02. The lowest BCUT2D eigenvalue weighted by atomic mass is 10.1. The zero-order chi connectivity index (χ0) is 11.5. The molecule has 0 fully saturated rings. The molecule has 4 heteroatoms. The molecule has 0 bridgehead atoms. The highest BCUT2D eigenvalue weighted by Crippen LogP contribution is 2.26. The summed E-state index contributed by atoms with van der Waals surface area (Å²) in [5.74, 6) is -0.111. The summed E-state index contributed by atoms with van der Waals surface area (Å²) in [6.45, 7) is 0. The molecule has 2 nitrogen and oxygen atoms in total. The highest BCUT2D eigenvalue weighted by Gasteiger charge is 2.17. The molecule has 1 aliphatic carbocycles. The van der Waals surface area contributed by atoms with E-state index in [1.54, 1.807) is 12.1 Å². The standard InChI is InChI=1S/C12H11BrClNO/c13-10-7-3-6-9(11(10)14)12(16)15-8-4-1-2-5-8/h1-3,6-8H,4-5H2,(H,15,16). The van der Waals surface area contributed by atoms with Gasteiger partial charge in [0.1, 0.15) is 0 Å². The van der Waals surface area contributed by atoms with Crippen molar-refractivity contribution in [2.45, 2.75) is 18.9 Å². The van der Waals surface area contributed by atoms with E-state index in [1.165, 1.54) is 0 Å². The SMILES string of the molecule is O=C(NC1CC=CC1)c1cccc(Br)c1Cl. The predicted octanol–water partition coefficient (Wildman–Crippen LogP) is 3.55. The fourth-order valence-electron chi connectivity index (χ4n) is 1.68. The molecule has 0 unspecified atom stereocenters. The number of benzene rings is 1. The zero-order valence-electron chi connectivity index (χ0n) is 8.54. The molecule has 1 aromatic carbocycles. The summed E-state index contributed by atoms with van der Waals surface area (Å²) in [7, 11) is 0. The fourth-order valence-corrected chi connectivity index (χ4v) is 2.26. The number of carbonyl (C=O) groups excluding carboxylic acids is 1. The first-order valence-corrected chi connectivity index (χ1v) is 6.25. The molecular weight excluding hydrogens is 289 g/mol. The Kier molecular flexibility index (Phi) is 3.66. The van der Waals surface area contributed by atoms with Crippen LogP contribution in [0.4, 0.5) is 0 Å². The van der Waals surface area contributed by atoms with Crippen LogP contribution in [0.5, 0.6) is 0 Å². The highest BCUT2D eigenvalue weighted by atomic mass is 79.9. The van der Waals surface area contributed by atoms with Gasteiger partial charge < -0.3 is 5.32 Å². The van der Waals surface area contributed by atoms with Gasteiger partial charge >= 0.3 is 0 Å². The lowest BCUT2D eigenvalue weighted by Crippen LogP contribution is -2.33. The largest absolute Gasteiger partial charge is 0.349 e. The lowest BCUT2D eigenvalue weighted by molar-refractivity contribution is 0.0939. The van der Waals surface area contributed by atoms with Gasteiger partial charge in [-0.15, -0.1) is 0 Å². The molecule has 0 radical (unpaired) electrons. The molecule has 1 aromatic rings. The van der Waals surface area contributed by atoms with Gasteiger partial charge in [-0.1, -0.05) is 29.8 Å². The summed E-state index contributed by atoms with van der Waals surface area (Å²) in [5.41, 5.74) is 0.517. The van der Waals surface area contributed by atoms with Gasteiger partial charge in [0.05, 0.1) is 10.6 Å². The van der Waals surface area contributed by atoms with E-state index in [4.69, 9.17) is 11.6 Å².